The molecule has 2 aliphatic heterocycles. The van der Waals surface area contributed by atoms with E-state index < -0.39 is 0 Å². The van der Waals surface area contributed by atoms with Crippen molar-refractivity contribution in [2.45, 2.75) is 97.9 Å². The minimum absolute atomic E-state index is 0.236. The zero-order valence-corrected chi connectivity index (χ0v) is 24.5. The van der Waals surface area contributed by atoms with Gasteiger partial charge >= 0.3 is 0 Å². The van der Waals surface area contributed by atoms with Gasteiger partial charge in [-0.05, 0) is 61.1 Å². The molecule has 1 N–H and O–H groups in total. The first kappa shape index (κ1) is 31.7. The first-order valence-corrected chi connectivity index (χ1v) is 14.3. The minimum Gasteiger partial charge on any atom is -0.493 e. The van der Waals surface area contributed by atoms with Gasteiger partial charge in [0.05, 0.1) is 13.7 Å². The second-order valence-corrected chi connectivity index (χ2v) is 11.3. The van der Waals surface area contributed by atoms with E-state index in [2.05, 4.69) is 56.6 Å². The fraction of sp³-hybridized carbons (Fsp3) is 0.733. The van der Waals surface area contributed by atoms with Gasteiger partial charge in [-0.3, -0.25) is 14.5 Å². The van der Waals surface area contributed by atoms with Crippen LogP contribution in [0.4, 0.5) is 0 Å². The number of carboxylic acid groups (broad SMARTS) is 1. The molecule has 2 atom stereocenters. The predicted molar refractivity (Wildman–Crippen MR) is 150 cm³/mol. The van der Waals surface area contributed by atoms with Gasteiger partial charge in [0.15, 0.2) is 11.5 Å². The maximum absolute atomic E-state index is 13.5. The maximum atomic E-state index is 13.5. The molecule has 0 spiro atoms. The van der Waals surface area contributed by atoms with Crippen LogP contribution in [0, 0.1) is 5.41 Å². The number of hydrogen-bond donors (Lipinski definition) is 1. The summed E-state index contributed by atoms with van der Waals surface area (Å²) in [7, 11) is 1.68. The molecule has 0 unspecified atom stereocenters. The molecular weight excluding hydrogens is 484 g/mol. The zero-order chi connectivity index (χ0) is 28.1. The number of carbonyl (C=O) groups excluding carboxylic acids is 1. The number of fused-ring (bicyclic) bond motifs is 1. The van der Waals surface area contributed by atoms with Crippen LogP contribution in [-0.2, 0) is 9.59 Å². The Hall–Kier alpha value is -2.48. The number of unbranched alkanes of at least 4 members (excludes halogenated alkanes) is 2. The first-order chi connectivity index (χ1) is 18.2. The fourth-order valence-corrected chi connectivity index (χ4v) is 5.77. The molecule has 0 radical (unpaired) electrons. The molecule has 38 heavy (non-hydrogen) atoms. The number of likely N-dealkylation sites (tertiary alicyclic amines) is 1. The monoisotopic (exact) mass is 534 g/mol. The Morgan fingerprint density at radius 3 is 2.39 bits per heavy atom. The molecule has 3 rings (SSSR count). The maximum Gasteiger partial charge on any atom is 0.290 e. The Labute approximate surface area is 229 Å². The third-order valence-corrected chi connectivity index (χ3v) is 7.65. The molecule has 0 aromatic heterocycles. The van der Waals surface area contributed by atoms with Crippen molar-refractivity contribution in [1.82, 2.24) is 9.80 Å². The highest BCUT2D eigenvalue weighted by Crippen LogP contribution is 2.46. The fourth-order valence-electron chi connectivity index (χ4n) is 5.77. The van der Waals surface area contributed by atoms with E-state index in [9.17, 15) is 4.79 Å². The predicted octanol–water partition coefficient (Wildman–Crippen LogP) is 5.93. The van der Waals surface area contributed by atoms with Crippen LogP contribution in [0.1, 0.15) is 97.5 Å². The lowest BCUT2D eigenvalue weighted by Crippen LogP contribution is -2.44. The number of nitrogens with zero attached hydrogens (tertiary/aromatic N) is 2. The number of rotatable bonds is 14. The number of methoxy groups -OCH3 is 1. The van der Waals surface area contributed by atoms with Gasteiger partial charge in [-0.15, -0.1) is 0 Å². The summed E-state index contributed by atoms with van der Waals surface area (Å²) in [6.07, 6.45) is 8.91. The van der Waals surface area contributed by atoms with E-state index in [0.29, 0.717) is 24.3 Å². The van der Waals surface area contributed by atoms with Crippen molar-refractivity contribution in [3.8, 4) is 17.2 Å². The molecule has 2 heterocycles. The molecule has 1 aromatic rings. The van der Waals surface area contributed by atoms with Crippen LogP contribution in [0.3, 0.4) is 0 Å². The molecule has 0 aliphatic carbocycles. The highest BCUT2D eigenvalue weighted by molar-refractivity contribution is 5.78. The van der Waals surface area contributed by atoms with E-state index in [1.165, 1.54) is 18.4 Å². The van der Waals surface area contributed by atoms with Gasteiger partial charge in [0.25, 0.3) is 6.47 Å². The third-order valence-electron chi connectivity index (χ3n) is 7.65. The standard InChI is InChI=1S/C29H48N2O4.CH2O2/c1-7-10-13-30(14-11-8-2)27(32)20-31-19-23(15-24(31)18-29(4,5)12-9-3)22-16-25(33-6)28-26(17-22)34-21-35-28;2-1-3/h16-17,23-24H,7-15,18-21H2,1-6H3;1H,(H,2,3)/t23-,24-;/m1./s1. The van der Waals surface area contributed by atoms with Crippen LogP contribution < -0.4 is 14.2 Å². The largest absolute Gasteiger partial charge is 0.493 e. The molecule has 0 bridgehead atoms. The first-order valence-electron chi connectivity index (χ1n) is 14.3. The van der Waals surface area contributed by atoms with Crippen LogP contribution in [0.25, 0.3) is 0 Å². The van der Waals surface area contributed by atoms with E-state index in [1.807, 2.05) is 0 Å². The molecule has 1 amide bonds. The molecule has 2 aliphatic rings. The zero-order valence-electron chi connectivity index (χ0n) is 24.5. The SMILES string of the molecule is CCCCN(CCCC)C(=O)CN1C[C@H](c2cc(OC)c3c(c2)OCO3)C[C@@H]1CC(C)(C)CCC.O=CO. The summed E-state index contributed by atoms with van der Waals surface area (Å²) >= 11 is 0. The van der Waals surface area contributed by atoms with Crippen molar-refractivity contribution in [3.63, 3.8) is 0 Å². The number of benzene rings is 1. The van der Waals surface area contributed by atoms with Gasteiger partial charge in [-0.1, -0.05) is 53.9 Å². The molecule has 0 saturated carbocycles. The smallest absolute Gasteiger partial charge is 0.290 e. The highest BCUT2D eigenvalue weighted by Gasteiger charge is 2.38. The van der Waals surface area contributed by atoms with E-state index in [1.54, 1.807) is 7.11 Å². The number of carbonyl (C=O) groups is 2. The average molecular weight is 535 g/mol. The summed E-state index contributed by atoms with van der Waals surface area (Å²) in [4.78, 5) is 26.4. The summed E-state index contributed by atoms with van der Waals surface area (Å²) in [5.74, 6) is 2.83. The molecule has 1 fully saturated rings. The van der Waals surface area contributed by atoms with Crippen molar-refractivity contribution in [2.24, 2.45) is 5.41 Å². The lowest BCUT2D eigenvalue weighted by molar-refractivity contribution is -0.133. The number of amides is 1. The van der Waals surface area contributed by atoms with Crippen LogP contribution in [0.2, 0.25) is 0 Å². The lowest BCUT2D eigenvalue weighted by atomic mass is 9.80. The third kappa shape index (κ3) is 9.07. The topological polar surface area (TPSA) is 88.5 Å². The second-order valence-electron chi connectivity index (χ2n) is 11.3. The van der Waals surface area contributed by atoms with E-state index in [-0.39, 0.29) is 24.6 Å². The Bertz CT molecular complexity index is 867. The molecule has 1 saturated heterocycles. The average Bonchev–Trinajstić information content (AvgIpc) is 3.50. The molecule has 216 valence electrons. The second kappa shape index (κ2) is 15.8. The summed E-state index contributed by atoms with van der Waals surface area (Å²) in [6.45, 7) is 14.5. The summed E-state index contributed by atoms with van der Waals surface area (Å²) in [6, 6.07) is 4.61. The van der Waals surface area contributed by atoms with Gasteiger partial charge in [0, 0.05) is 25.7 Å². The molecule has 8 heteroatoms. The van der Waals surface area contributed by atoms with Crippen molar-refractivity contribution in [1.29, 1.82) is 0 Å². The van der Waals surface area contributed by atoms with Crippen LogP contribution in [0.15, 0.2) is 12.1 Å². The van der Waals surface area contributed by atoms with Crippen molar-refractivity contribution < 1.29 is 28.9 Å². The normalized spacial score (nSPS) is 18.6. The Balaban J connectivity index is 0.00000161. The summed E-state index contributed by atoms with van der Waals surface area (Å²) in [5.41, 5.74) is 1.47. The lowest BCUT2D eigenvalue weighted by Gasteiger charge is -2.33. The van der Waals surface area contributed by atoms with Crippen molar-refractivity contribution >= 4 is 12.4 Å². The van der Waals surface area contributed by atoms with Gasteiger partial charge in [-0.25, -0.2) is 0 Å². The Morgan fingerprint density at radius 1 is 1.16 bits per heavy atom. The molecular formula is C30H50N2O6. The van der Waals surface area contributed by atoms with Crippen LogP contribution in [0.5, 0.6) is 17.2 Å². The van der Waals surface area contributed by atoms with Gasteiger partial charge < -0.3 is 24.2 Å². The van der Waals surface area contributed by atoms with Gasteiger partial charge in [0.2, 0.25) is 18.4 Å². The van der Waals surface area contributed by atoms with Gasteiger partial charge in [0.1, 0.15) is 0 Å². The highest BCUT2D eigenvalue weighted by atomic mass is 16.7. The summed E-state index contributed by atoms with van der Waals surface area (Å²) in [5, 5.41) is 6.89. The minimum atomic E-state index is -0.250. The van der Waals surface area contributed by atoms with Crippen LogP contribution in [-0.4, -0.2) is 73.4 Å². The molecule has 8 nitrogen and oxygen atoms in total. The van der Waals surface area contributed by atoms with E-state index in [4.69, 9.17) is 24.1 Å². The van der Waals surface area contributed by atoms with E-state index >= 15 is 0 Å². The Morgan fingerprint density at radius 2 is 1.82 bits per heavy atom. The van der Waals surface area contributed by atoms with E-state index in [0.717, 1.165) is 69.7 Å². The quantitative estimate of drug-likeness (QED) is 0.296. The summed E-state index contributed by atoms with van der Waals surface area (Å²) < 4.78 is 16.9. The number of hydrogen-bond acceptors (Lipinski definition) is 6. The molecule has 1 aromatic carbocycles. The van der Waals surface area contributed by atoms with Gasteiger partial charge in [-0.2, -0.15) is 0 Å². The number of ether oxygens (including phenoxy) is 3. The van der Waals surface area contributed by atoms with Crippen molar-refractivity contribution in [2.75, 3.05) is 40.1 Å². The Kier molecular flexibility index (Phi) is 13.2. The van der Waals surface area contributed by atoms with Crippen LogP contribution >= 0.6 is 0 Å². The van der Waals surface area contributed by atoms with Crippen molar-refractivity contribution in [3.05, 3.63) is 17.7 Å².